The van der Waals surface area contributed by atoms with Crippen molar-refractivity contribution in [2.75, 3.05) is 11.5 Å². The zero-order valence-electron chi connectivity index (χ0n) is 7.42. The molecule has 0 bridgehead atoms. The Bertz CT molecular complexity index is 109. The molecule has 0 aromatic carbocycles. The van der Waals surface area contributed by atoms with Gasteiger partial charge in [-0.2, -0.15) is 0 Å². The van der Waals surface area contributed by atoms with Gasteiger partial charge in [-0.3, -0.25) is 0 Å². The lowest BCUT2D eigenvalue weighted by molar-refractivity contribution is -0.108. The molecule has 0 spiro atoms. The van der Waals surface area contributed by atoms with Crippen LogP contribution in [0.5, 0.6) is 0 Å². The molecular weight excluding hydrogens is 176 g/mol. The molecule has 0 saturated carbocycles. The van der Waals surface area contributed by atoms with Crippen LogP contribution in [0.4, 0.5) is 0 Å². The van der Waals surface area contributed by atoms with E-state index in [-0.39, 0.29) is 4.08 Å². The first-order valence-electron chi connectivity index (χ1n) is 3.98. The minimum atomic E-state index is -0.163. The summed E-state index contributed by atoms with van der Waals surface area (Å²) in [5.41, 5.74) is 0. The van der Waals surface area contributed by atoms with Crippen LogP contribution in [0, 0.1) is 0 Å². The Morgan fingerprint density at radius 2 is 1.64 bits per heavy atom. The van der Waals surface area contributed by atoms with Crippen molar-refractivity contribution in [3.8, 4) is 0 Å². The molecule has 0 heterocycles. The minimum absolute atomic E-state index is 0.163. The fraction of sp³-hybridized carbons (Fsp3) is 0.875. The van der Waals surface area contributed by atoms with Gasteiger partial charge in [0.2, 0.25) is 0 Å². The predicted molar refractivity (Wildman–Crippen MR) is 55.4 cm³/mol. The van der Waals surface area contributed by atoms with Crippen LogP contribution in [0.15, 0.2) is 0 Å². The molecular formula is C8H16OS2. The van der Waals surface area contributed by atoms with E-state index in [0.717, 1.165) is 24.2 Å². The number of carbonyl (C=O) groups is 1. The van der Waals surface area contributed by atoms with Gasteiger partial charge in [-0.25, -0.2) is 0 Å². The van der Waals surface area contributed by atoms with Gasteiger partial charge in [0.05, 0.1) is 0 Å². The molecule has 11 heavy (non-hydrogen) atoms. The molecule has 0 saturated heterocycles. The minimum Gasteiger partial charge on any atom is -0.301 e. The molecule has 0 fully saturated rings. The monoisotopic (exact) mass is 192 g/mol. The SMILES string of the molecule is CCSC(C=O)(CC)SCC. The molecule has 0 aromatic rings. The zero-order valence-corrected chi connectivity index (χ0v) is 9.06. The smallest absolute Gasteiger partial charge is 0.146 e. The van der Waals surface area contributed by atoms with Gasteiger partial charge in [-0.15, -0.1) is 23.5 Å². The number of hydrogen-bond acceptors (Lipinski definition) is 3. The van der Waals surface area contributed by atoms with Crippen molar-refractivity contribution in [2.24, 2.45) is 0 Å². The molecule has 0 aliphatic carbocycles. The summed E-state index contributed by atoms with van der Waals surface area (Å²) in [5.74, 6) is 2.03. The molecule has 1 nitrogen and oxygen atoms in total. The first-order chi connectivity index (χ1) is 5.24. The van der Waals surface area contributed by atoms with Crippen molar-refractivity contribution in [2.45, 2.75) is 31.3 Å². The van der Waals surface area contributed by atoms with E-state index in [2.05, 4.69) is 20.8 Å². The van der Waals surface area contributed by atoms with Gasteiger partial charge in [0.1, 0.15) is 10.4 Å². The van der Waals surface area contributed by atoms with Gasteiger partial charge in [0.25, 0.3) is 0 Å². The third kappa shape index (κ3) is 3.52. The topological polar surface area (TPSA) is 17.1 Å². The Hall–Kier alpha value is 0.370. The lowest BCUT2D eigenvalue weighted by Crippen LogP contribution is -2.21. The zero-order chi connectivity index (χ0) is 8.74. The first kappa shape index (κ1) is 11.4. The fourth-order valence-electron chi connectivity index (χ4n) is 0.886. The number of rotatable bonds is 6. The fourth-order valence-corrected chi connectivity index (χ4v) is 3.45. The van der Waals surface area contributed by atoms with E-state index in [9.17, 15) is 4.79 Å². The Kier molecular flexibility index (Phi) is 6.15. The van der Waals surface area contributed by atoms with Crippen molar-refractivity contribution < 1.29 is 4.79 Å². The average Bonchev–Trinajstić information content (AvgIpc) is 2.04. The highest BCUT2D eigenvalue weighted by Gasteiger charge is 2.26. The van der Waals surface area contributed by atoms with Crippen LogP contribution < -0.4 is 0 Å². The first-order valence-corrected chi connectivity index (χ1v) is 5.96. The molecule has 0 aromatic heterocycles. The number of carbonyl (C=O) groups excluding carboxylic acids is 1. The molecule has 0 atom stereocenters. The van der Waals surface area contributed by atoms with E-state index in [1.54, 1.807) is 23.5 Å². The van der Waals surface area contributed by atoms with E-state index in [1.807, 2.05) is 0 Å². The van der Waals surface area contributed by atoms with Crippen LogP contribution in [0.1, 0.15) is 27.2 Å². The summed E-state index contributed by atoms with van der Waals surface area (Å²) in [6, 6.07) is 0. The van der Waals surface area contributed by atoms with E-state index in [1.165, 1.54) is 0 Å². The Morgan fingerprint density at radius 3 is 1.82 bits per heavy atom. The van der Waals surface area contributed by atoms with Crippen molar-refractivity contribution >= 4 is 29.8 Å². The van der Waals surface area contributed by atoms with Crippen LogP contribution >= 0.6 is 23.5 Å². The number of hydrogen-bond donors (Lipinski definition) is 0. The lowest BCUT2D eigenvalue weighted by atomic mass is 10.3. The van der Waals surface area contributed by atoms with Gasteiger partial charge in [-0.05, 0) is 17.9 Å². The highest BCUT2D eigenvalue weighted by Crippen LogP contribution is 2.37. The Labute approximate surface area is 77.7 Å². The van der Waals surface area contributed by atoms with E-state index in [4.69, 9.17) is 0 Å². The third-order valence-corrected chi connectivity index (χ3v) is 4.48. The van der Waals surface area contributed by atoms with E-state index >= 15 is 0 Å². The van der Waals surface area contributed by atoms with Crippen molar-refractivity contribution in [1.82, 2.24) is 0 Å². The number of thioether (sulfide) groups is 2. The summed E-state index contributed by atoms with van der Waals surface area (Å²) in [7, 11) is 0. The molecule has 0 aliphatic heterocycles. The normalized spacial score (nSPS) is 11.5. The third-order valence-electron chi connectivity index (χ3n) is 1.45. The van der Waals surface area contributed by atoms with Gasteiger partial charge in [0.15, 0.2) is 0 Å². The van der Waals surface area contributed by atoms with Crippen LogP contribution in [0.3, 0.4) is 0 Å². The van der Waals surface area contributed by atoms with Gasteiger partial charge in [0, 0.05) is 0 Å². The maximum Gasteiger partial charge on any atom is 0.146 e. The highest BCUT2D eigenvalue weighted by molar-refractivity contribution is 8.19. The second kappa shape index (κ2) is 5.95. The molecule has 0 amide bonds. The van der Waals surface area contributed by atoms with Crippen molar-refractivity contribution in [1.29, 1.82) is 0 Å². The maximum absolute atomic E-state index is 10.8. The molecule has 0 unspecified atom stereocenters. The number of aldehydes is 1. The van der Waals surface area contributed by atoms with Crippen LogP contribution in [-0.2, 0) is 4.79 Å². The second-order valence-electron chi connectivity index (χ2n) is 2.15. The van der Waals surface area contributed by atoms with Crippen LogP contribution in [-0.4, -0.2) is 21.9 Å². The van der Waals surface area contributed by atoms with Gasteiger partial charge >= 0.3 is 0 Å². The lowest BCUT2D eigenvalue weighted by Gasteiger charge is -2.23. The Morgan fingerprint density at radius 1 is 1.18 bits per heavy atom. The van der Waals surface area contributed by atoms with Crippen molar-refractivity contribution in [3.05, 3.63) is 0 Å². The molecule has 0 rings (SSSR count). The Balaban J connectivity index is 4.07. The highest BCUT2D eigenvalue weighted by atomic mass is 32.2. The standard InChI is InChI=1S/C8H16OS2/c1-4-8(7-9,10-5-2)11-6-3/h7H,4-6H2,1-3H3. The average molecular weight is 192 g/mol. The molecule has 66 valence electrons. The molecule has 0 aliphatic rings. The summed E-state index contributed by atoms with van der Waals surface area (Å²) in [5, 5.41) is 0. The summed E-state index contributed by atoms with van der Waals surface area (Å²) in [6.07, 6.45) is 2.02. The summed E-state index contributed by atoms with van der Waals surface area (Å²) in [4.78, 5) is 10.8. The van der Waals surface area contributed by atoms with Crippen LogP contribution in [0.25, 0.3) is 0 Å². The largest absolute Gasteiger partial charge is 0.301 e. The van der Waals surface area contributed by atoms with Gasteiger partial charge < -0.3 is 4.79 Å². The molecule has 3 heteroatoms. The second-order valence-corrected chi connectivity index (χ2v) is 5.60. The quantitative estimate of drug-likeness (QED) is 0.476. The van der Waals surface area contributed by atoms with Crippen LogP contribution in [0.2, 0.25) is 0 Å². The molecule has 0 N–H and O–H groups in total. The van der Waals surface area contributed by atoms with E-state index < -0.39 is 0 Å². The maximum atomic E-state index is 10.8. The van der Waals surface area contributed by atoms with Crippen molar-refractivity contribution in [3.63, 3.8) is 0 Å². The predicted octanol–water partition coefficient (Wildman–Crippen LogP) is 2.80. The molecule has 0 radical (unpaired) electrons. The summed E-state index contributed by atoms with van der Waals surface area (Å²) >= 11 is 3.49. The summed E-state index contributed by atoms with van der Waals surface area (Å²) < 4.78 is -0.163. The van der Waals surface area contributed by atoms with Gasteiger partial charge in [-0.1, -0.05) is 20.8 Å². The summed E-state index contributed by atoms with van der Waals surface area (Å²) in [6.45, 7) is 6.25. The van der Waals surface area contributed by atoms with E-state index in [0.29, 0.717) is 0 Å².